The Balaban J connectivity index is 2.07. The topological polar surface area (TPSA) is 55.8 Å². The Morgan fingerprint density at radius 2 is 1.85 bits per heavy atom. The molecule has 0 unspecified atom stereocenters. The highest BCUT2D eigenvalue weighted by Gasteiger charge is 2.42. The quantitative estimate of drug-likeness (QED) is 0.905. The first-order chi connectivity index (χ1) is 9.63. The highest BCUT2D eigenvalue weighted by molar-refractivity contribution is 5.82. The summed E-state index contributed by atoms with van der Waals surface area (Å²) in [5.41, 5.74) is -0.499. The Morgan fingerprint density at radius 1 is 1.15 bits per heavy atom. The van der Waals surface area contributed by atoms with E-state index in [-0.39, 0.29) is 5.75 Å². The Kier molecular flexibility index (Phi) is 3.28. The summed E-state index contributed by atoms with van der Waals surface area (Å²) in [6, 6.07) is 2.93. The summed E-state index contributed by atoms with van der Waals surface area (Å²) in [4.78, 5) is 11.8. The summed E-state index contributed by atoms with van der Waals surface area (Å²) in [6.07, 6.45) is 3.82. The van der Waals surface area contributed by atoms with Gasteiger partial charge in [-0.3, -0.25) is 4.79 Å². The van der Waals surface area contributed by atoms with E-state index in [2.05, 4.69) is 0 Å². The predicted octanol–water partition coefficient (Wildman–Crippen LogP) is 2.88. The first-order valence-corrected chi connectivity index (χ1v) is 6.96. The van der Waals surface area contributed by atoms with E-state index in [0.29, 0.717) is 37.4 Å². The number of carbonyl (C=O) groups is 1. The monoisotopic (exact) mass is 280 g/mol. The van der Waals surface area contributed by atoms with Crippen molar-refractivity contribution in [2.24, 2.45) is 0 Å². The molecular formula is C15H17FO4. The Labute approximate surface area is 116 Å². The van der Waals surface area contributed by atoms with Crippen LogP contribution in [0.1, 0.15) is 37.7 Å². The number of hydrogen-bond donors (Lipinski definition) is 1. The minimum Gasteiger partial charge on any atom is -0.486 e. The Hall–Kier alpha value is -1.78. The maximum absolute atomic E-state index is 14.1. The van der Waals surface area contributed by atoms with E-state index in [1.165, 1.54) is 6.07 Å². The molecule has 20 heavy (non-hydrogen) atoms. The van der Waals surface area contributed by atoms with Crippen LogP contribution in [-0.4, -0.2) is 24.3 Å². The fourth-order valence-corrected chi connectivity index (χ4v) is 3.17. The van der Waals surface area contributed by atoms with Gasteiger partial charge in [-0.1, -0.05) is 19.3 Å². The summed E-state index contributed by atoms with van der Waals surface area (Å²) in [6.45, 7) is 0.670. The van der Waals surface area contributed by atoms with Gasteiger partial charge in [0.05, 0.1) is 5.41 Å². The zero-order valence-corrected chi connectivity index (χ0v) is 11.2. The second kappa shape index (κ2) is 4.96. The molecule has 1 N–H and O–H groups in total. The van der Waals surface area contributed by atoms with Gasteiger partial charge in [-0.2, -0.15) is 0 Å². The number of ether oxygens (including phenoxy) is 2. The van der Waals surface area contributed by atoms with E-state index in [9.17, 15) is 14.3 Å². The van der Waals surface area contributed by atoms with Crippen molar-refractivity contribution in [2.75, 3.05) is 13.2 Å². The SMILES string of the molecule is O=C(O)C1(c2cc(F)c3c(c2)OCCO3)CCCCC1. The molecule has 5 heteroatoms. The molecule has 2 aliphatic rings. The maximum atomic E-state index is 14.1. The van der Waals surface area contributed by atoms with E-state index in [4.69, 9.17) is 9.47 Å². The van der Waals surface area contributed by atoms with Crippen LogP contribution >= 0.6 is 0 Å². The lowest BCUT2D eigenvalue weighted by atomic mass is 9.69. The van der Waals surface area contributed by atoms with Crippen LogP contribution in [0.3, 0.4) is 0 Å². The Bertz CT molecular complexity index is 535. The van der Waals surface area contributed by atoms with Gasteiger partial charge in [-0.25, -0.2) is 4.39 Å². The van der Waals surface area contributed by atoms with Crippen molar-refractivity contribution in [3.63, 3.8) is 0 Å². The third-order valence-electron chi connectivity index (χ3n) is 4.27. The van der Waals surface area contributed by atoms with Gasteiger partial charge in [-0.15, -0.1) is 0 Å². The van der Waals surface area contributed by atoms with Crippen LogP contribution in [0.2, 0.25) is 0 Å². The first kappa shape index (κ1) is 13.2. The standard InChI is InChI=1S/C15H17FO4/c16-11-8-10(9-12-13(11)20-7-6-19-12)15(14(17)18)4-2-1-3-5-15/h8-9H,1-7H2,(H,17,18). The minimum atomic E-state index is -0.991. The van der Waals surface area contributed by atoms with Gasteiger partial charge in [0.2, 0.25) is 0 Å². The first-order valence-electron chi connectivity index (χ1n) is 6.96. The second-order valence-electron chi connectivity index (χ2n) is 5.43. The highest BCUT2D eigenvalue weighted by atomic mass is 19.1. The lowest BCUT2D eigenvalue weighted by molar-refractivity contribution is -0.145. The largest absolute Gasteiger partial charge is 0.486 e. The molecule has 0 spiro atoms. The molecule has 0 aromatic heterocycles. The summed E-state index contributed by atoms with van der Waals surface area (Å²) >= 11 is 0. The number of carboxylic acids is 1. The zero-order valence-electron chi connectivity index (χ0n) is 11.2. The summed E-state index contributed by atoms with van der Waals surface area (Å²) < 4.78 is 24.8. The molecule has 0 radical (unpaired) electrons. The van der Waals surface area contributed by atoms with Crippen LogP contribution in [0.5, 0.6) is 11.5 Å². The lowest BCUT2D eigenvalue weighted by Crippen LogP contribution is -2.38. The van der Waals surface area contributed by atoms with Crippen LogP contribution in [0.25, 0.3) is 0 Å². The minimum absolute atomic E-state index is 0.0938. The molecular weight excluding hydrogens is 263 g/mol. The molecule has 108 valence electrons. The van der Waals surface area contributed by atoms with Gasteiger partial charge in [-0.05, 0) is 30.5 Å². The van der Waals surface area contributed by atoms with Crippen LogP contribution in [0.15, 0.2) is 12.1 Å². The average Bonchev–Trinajstić information content (AvgIpc) is 2.48. The maximum Gasteiger partial charge on any atom is 0.314 e. The molecule has 1 aromatic carbocycles. The number of hydrogen-bond acceptors (Lipinski definition) is 3. The zero-order chi connectivity index (χ0) is 14.2. The fraction of sp³-hybridized carbons (Fsp3) is 0.533. The van der Waals surface area contributed by atoms with Crippen LogP contribution in [0, 0.1) is 5.82 Å². The van der Waals surface area contributed by atoms with E-state index in [1.807, 2.05) is 0 Å². The van der Waals surface area contributed by atoms with Crippen LogP contribution in [-0.2, 0) is 10.2 Å². The molecule has 0 bridgehead atoms. The van der Waals surface area contributed by atoms with E-state index < -0.39 is 17.2 Å². The summed E-state index contributed by atoms with van der Waals surface area (Å²) in [5, 5.41) is 9.64. The molecule has 0 amide bonds. The van der Waals surface area contributed by atoms with Crippen molar-refractivity contribution in [1.82, 2.24) is 0 Å². The number of carboxylic acid groups (broad SMARTS) is 1. The van der Waals surface area contributed by atoms with Gasteiger partial charge >= 0.3 is 5.97 Å². The average molecular weight is 280 g/mol. The van der Waals surface area contributed by atoms with Crippen molar-refractivity contribution >= 4 is 5.97 Å². The van der Waals surface area contributed by atoms with Gasteiger partial charge in [0.1, 0.15) is 13.2 Å². The van der Waals surface area contributed by atoms with Crippen molar-refractivity contribution in [1.29, 1.82) is 0 Å². The number of halogens is 1. The van der Waals surface area contributed by atoms with Gasteiger partial charge in [0, 0.05) is 0 Å². The molecule has 4 nitrogen and oxygen atoms in total. The van der Waals surface area contributed by atoms with E-state index in [1.54, 1.807) is 6.07 Å². The fourth-order valence-electron chi connectivity index (χ4n) is 3.17. The Morgan fingerprint density at radius 3 is 2.55 bits per heavy atom. The van der Waals surface area contributed by atoms with Crippen molar-refractivity contribution < 1.29 is 23.8 Å². The van der Waals surface area contributed by atoms with Gasteiger partial charge in [0.15, 0.2) is 17.3 Å². The smallest absolute Gasteiger partial charge is 0.314 e. The van der Waals surface area contributed by atoms with Crippen molar-refractivity contribution in [2.45, 2.75) is 37.5 Å². The second-order valence-corrected chi connectivity index (χ2v) is 5.43. The molecule has 1 saturated carbocycles. The third-order valence-corrected chi connectivity index (χ3v) is 4.27. The van der Waals surface area contributed by atoms with Gasteiger partial charge in [0.25, 0.3) is 0 Å². The van der Waals surface area contributed by atoms with Crippen molar-refractivity contribution in [3.05, 3.63) is 23.5 Å². The molecule has 1 aliphatic heterocycles. The highest BCUT2D eigenvalue weighted by Crippen LogP contribution is 2.44. The van der Waals surface area contributed by atoms with Gasteiger partial charge < -0.3 is 14.6 Å². The van der Waals surface area contributed by atoms with Crippen molar-refractivity contribution in [3.8, 4) is 11.5 Å². The lowest BCUT2D eigenvalue weighted by Gasteiger charge is -2.34. The third kappa shape index (κ3) is 2.01. The number of fused-ring (bicyclic) bond motifs is 1. The summed E-state index contributed by atoms with van der Waals surface area (Å²) in [5.74, 6) is -1.01. The van der Waals surface area contributed by atoms with E-state index >= 15 is 0 Å². The number of rotatable bonds is 2. The number of aliphatic carboxylic acids is 1. The van der Waals surface area contributed by atoms with Crippen LogP contribution < -0.4 is 9.47 Å². The normalized spacial score (nSPS) is 20.4. The molecule has 0 atom stereocenters. The van der Waals surface area contributed by atoms with Crippen LogP contribution in [0.4, 0.5) is 4.39 Å². The molecule has 1 heterocycles. The number of benzene rings is 1. The molecule has 3 rings (SSSR count). The molecule has 1 fully saturated rings. The molecule has 1 aliphatic carbocycles. The summed E-state index contributed by atoms with van der Waals surface area (Å²) in [7, 11) is 0. The molecule has 1 aromatic rings. The molecule has 0 saturated heterocycles. The van der Waals surface area contributed by atoms with E-state index in [0.717, 1.165) is 19.3 Å². The predicted molar refractivity (Wildman–Crippen MR) is 69.8 cm³/mol.